The second kappa shape index (κ2) is 6.05. The van der Waals surface area contributed by atoms with Gasteiger partial charge in [0.25, 0.3) is 0 Å². The number of ether oxygens (including phenoxy) is 1. The molecular formula is C15H19N3OS. The summed E-state index contributed by atoms with van der Waals surface area (Å²) in [5.74, 6) is 0.884. The molecule has 0 atom stereocenters. The van der Waals surface area contributed by atoms with Gasteiger partial charge < -0.3 is 10.5 Å². The van der Waals surface area contributed by atoms with E-state index in [4.69, 9.17) is 22.7 Å². The van der Waals surface area contributed by atoms with Crippen LogP contribution in [0.3, 0.4) is 0 Å². The lowest BCUT2D eigenvalue weighted by molar-refractivity contribution is 0.302. The maximum atomic E-state index is 5.91. The number of hydrogen-bond donors (Lipinski definition) is 1. The normalized spacial score (nSPS) is 10.6. The molecule has 2 aromatic rings. The number of hydrogen-bond acceptors (Lipinski definition) is 3. The molecule has 0 fully saturated rings. The molecule has 0 saturated heterocycles. The summed E-state index contributed by atoms with van der Waals surface area (Å²) in [5.41, 5.74) is 9.68. The summed E-state index contributed by atoms with van der Waals surface area (Å²) in [6.07, 6.45) is 3.82. The molecule has 5 heteroatoms. The van der Waals surface area contributed by atoms with Crippen LogP contribution >= 0.6 is 12.2 Å². The molecule has 0 amide bonds. The topological polar surface area (TPSA) is 53.1 Å². The molecule has 2 N–H and O–H groups in total. The Bertz CT molecular complexity index is 611. The molecule has 106 valence electrons. The van der Waals surface area contributed by atoms with Crippen molar-refractivity contribution in [3.63, 3.8) is 0 Å². The zero-order valence-electron chi connectivity index (χ0n) is 12.0. The van der Waals surface area contributed by atoms with Crippen LogP contribution in [0.2, 0.25) is 0 Å². The first-order chi connectivity index (χ1) is 9.51. The molecule has 0 aliphatic carbocycles. The third-order valence-electron chi connectivity index (χ3n) is 3.14. The Morgan fingerprint density at radius 1 is 1.35 bits per heavy atom. The van der Waals surface area contributed by atoms with Gasteiger partial charge >= 0.3 is 0 Å². The smallest absolute Gasteiger partial charge is 0.125 e. The van der Waals surface area contributed by atoms with Gasteiger partial charge in [0.1, 0.15) is 17.3 Å². The third-order valence-corrected chi connectivity index (χ3v) is 3.37. The number of aryl methyl sites for hydroxylation is 3. The number of rotatable bonds is 5. The van der Waals surface area contributed by atoms with Crippen molar-refractivity contribution in [2.45, 2.75) is 33.9 Å². The van der Waals surface area contributed by atoms with Crippen molar-refractivity contribution in [2.75, 3.05) is 0 Å². The summed E-state index contributed by atoms with van der Waals surface area (Å²) >= 11 is 5.01. The van der Waals surface area contributed by atoms with Gasteiger partial charge in [-0.25, -0.2) is 0 Å². The van der Waals surface area contributed by atoms with Gasteiger partial charge in [0, 0.05) is 23.9 Å². The number of nitrogens with two attached hydrogens (primary N) is 1. The fourth-order valence-electron chi connectivity index (χ4n) is 2.13. The lowest BCUT2D eigenvalue weighted by atomic mass is 10.1. The van der Waals surface area contributed by atoms with Gasteiger partial charge in [0.2, 0.25) is 0 Å². The van der Waals surface area contributed by atoms with Crippen LogP contribution in [-0.2, 0) is 13.2 Å². The van der Waals surface area contributed by atoms with Gasteiger partial charge in [0.15, 0.2) is 0 Å². The number of nitrogens with zero attached hydrogens (tertiary/aromatic N) is 2. The standard InChI is InChI=1S/C15H19N3OS/c1-4-18-8-12(7-17-18)9-19-14-10(2)5-13(15(16)20)6-11(14)3/h5-8H,4,9H2,1-3H3,(H2,16,20). The van der Waals surface area contributed by atoms with Crippen LogP contribution in [0, 0.1) is 13.8 Å². The second-order valence-corrected chi connectivity index (χ2v) is 5.24. The molecule has 20 heavy (non-hydrogen) atoms. The molecule has 1 aromatic heterocycles. The van der Waals surface area contributed by atoms with Crippen LogP contribution in [-0.4, -0.2) is 14.8 Å². The van der Waals surface area contributed by atoms with E-state index in [0.29, 0.717) is 11.6 Å². The molecule has 0 radical (unpaired) electrons. The lowest BCUT2D eigenvalue weighted by Crippen LogP contribution is -2.10. The van der Waals surface area contributed by atoms with Crippen molar-refractivity contribution >= 4 is 17.2 Å². The Balaban J connectivity index is 2.15. The van der Waals surface area contributed by atoms with Crippen LogP contribution in [0.15, 0.2) is 24.5 Å². The Labute approximate surface area is 124 Å². The number of thiocarbonyl (C=S) groups is 1. The molecule has 2 rings (SSSR count). The van der Waals surface area contributed by atoms with Gasteiger partial charge in [-0.15, -0.1) is 0 Å². The first-order valence-electron chi connectivity index (χ1n) is 6.56. The zero-order chi connectivity index (χ0) is 14.7. The summed E-state index contributed by atoms with van der Waals surface area (Å²) in [4.78, 5) is 0.409. The van der Waals surface area contributed by atoms with Crippen molar-refractivity contribution in [1.29, 1.82) is 0 Å². The first-order valence-corrected chi connectivity index (χ1v) is 6.97. The highest BCUT2D eigenvalue weighted by Gasteiger charge is 2.09. The van der Waals surface area contributed by atoms with Gasteiger partial charge in [-0.1, -0.05) is 12.2 Å². The summed E-state index contributed by atoms with van der Waals surface area (Å²) in [5, 5.41) is 4.23. The van der Waals surface area contributed by atoms with Gasteiger partial charge in [-0.2, -0.15) is 5.10 Å². The number of benzene rings is 1. The van der Waals surface area contributed by atoms with E-state index in [1.54, 1.807) is 0 Å². The SMILES string of the molecule is CCn1cc(COc2c(C)cc(C(N)=S)cc2C)cn1. The van der Waals surface area contributed by atoms with Gasteiger partial charge in [0.05, 0.1) is 6.20 Å². The summed E-state index contributed by atoms with van der Waals surface area (Å²) in [6, 6.07) is 3.92. The minimum Gasteiger partial charge on any atom is -0.488 e. The highest BCUT2D eigenvalue weighted by molar-refractivity contribution is 7.80. The molecule has 0 spiro atoms. The van der Waals surface area contributed by atoms with E-state index in [1.807, 2.05) is 43.1 Å². The van der Waals surface area contributed by atoms with Crippen LogP contribution in [0.25, 0.3) is 0 Å². The van der Waals surface area contributed by atoms with Crippen molar-refractivity contribution in [2.24, 2.45) is 5.73 Å². The molecule has 0 aliphatic heterocycles. The van der Waals surface area contributed by atoms with Crippen LogP contribution in [0.1, 0.15) is 29.2 Å². The third kappa shape index (κ3) is 3.17. The fraction of sp³-hybridized carbons (Fsp3) is 0.333. The summed E-state index contributed by atoms with van der Waals surface area (Å²) < 4.78 is 7.79. The van der Waals surface area contributed by atoms with Crippen LogP contribution in [0.5, 0.6) is 5.75 Å². The van der Waals surface area contributed by atoms with Crippen LogP contribution in [0.4, 0.5) is 0 Å². The van der Waals surface area contributed by atoms with Crippen molar-refractivity contribution in [3.05, 3.63) is 46.8 Å². The minimum absolute atomic E-state index is 0.409. The van der Waals surface area contributed by atoms with Crippen molar-refractivity contribution in [1.82, 2.24) is 9.78 Å². The average molecular weight is 289 g/mol. The monoisotopic (exact) mass is 289 g/mol. The average Bonchev–Trinajstić information content (AvgIpc) is 2.85. The molecule has 0 saturated carbocycles. The summed E-state index contributed by atoms with van der Waals surface area (Å²) in [7, 11) is 0. The fourth-order valence-corrected chi connectivity index (χ4v) is 2.25. The highest BCUT2D eigenvalue weighted by Crippen LogP contribution is 2.25. The zero-order valence-corrected chi connectivity index (χ0v) is 12.8. The molecule has 1 heterocycles. The minimum atomic E-state index is 0.409. The predicted molar refractivity (Wildman–Crippen MR) is 84.0 cm³/mol. The Morgan fingerprint density at radius 3 is 2.50 bits per heavy atom. The Hall–Kier alpha value is -1.88. The predicted octanol–water partition coefficient (Wildman–Crippen LogP) is 2.73. The Kier molecular flexibility index (Phi) is 4.39. The summed E-state index contributed by atoms with van der Waals surface area (Å²) in [6.45, 7) is 7.42. The van der Waals surface area contributed by atoms with Gasteiger partial charge in [-0.3, -0.25) is 4.68 Å². The molecule has 0 bridgehead atoms. The van der Waals surface area contributed by atoms with E-state index >= 15 is 0 Å². The molecule has 0 aliphatic rings. The van der Waals surface area contributed by atoms with E-state index < -0.39 is 0 Å². The highest BCUT2D eigenvalue weighted by atomic mass is 32.1. The lowest BCUT2D eigenvalue weighted by Gasteiger charge is -2.13. The van der Waals surface area contributed by atoms with E-state index in [9.17, 15) is 0 Å². The van der Waals surface area contributed by atoms with E-state index in [-0.39, 0.29) is 0 Å². The van der Waals surface area contributed by atoms with E-state index in [1.165, 1.54) is 0 Å². The van der Waals surface area contributed by atoms with Gasteiger partial charge in [-0.05, 0) is 44.0 Å². The van der Waals surface area contributed by atoms with E-state index in [2.05, 4.69) is 12.0 Å². The maximum Gasteiger partial charge on any atom is 0.125 e. The number of aromatic nitrogens is 2. The van der Waals surface area contributed by atoms with E-state index in [0.717, 1.165) is 34.5 Å². The van der Waals surface area contributed by atoms with Crippen molar-refractivity contribution in [3.8, 4) is 5.75 Å². The van der Waals surface area contributed by atoms with Crippen LogP contribution < -0.4 is 10.5 Å². The largest absolute Gasteiger partial charge is 0.488 e. The molecule has 4 nitrogen and oxygen atoms in total. The maximum absolute atomic E-state index is 5.91. The molecule has 1 aromatic carbocycles. The van der Waals surface area contributed by atoms with Crippen molar-refractivity contribution < 1.29 is 4.74 Å². The first kappa shape index (κ1) is 14.5. The quantitative estimate of drug-likeness (QED) is 0.860. The molecule has 0 unspecified atom stereocenters. The Morgan fingerprint density at radius 2 is 2.00 bits per heavy atom. The second-order valence-electron chi connectivity index (χ2n) is 4.80. The molecular weight excluding hydrogens is 270 g/mol.